The van der Waals surface area contributed by atoms with Crippen LogP contribution >= 0.6 is 12.4 Å². The van der Waals surface area contributed by atoms with Gasteiger partial charge in [0.25, 0.3) is 5.92 Å². The van der Waals surface area contributed by atoms with E-state index in [1.807, 2.05) is 0 Å². The second-order valence-corrected chi connectivity index (χ2v) is 5.08. The number of hydrogen-bond acceptors (Lipinski definition) is 4. The van der Waals surface area contributed by atoms with Crippen LogP contribution in [0.1, 0.15) is 13.3 Å². The highest BCUT2D eigenvalue weighted by atomic mass is 35.5. The maximum absolute atomic E-state index is 13.1. The first-order valence-electron chi connectivity index (χ1n) is 6.68. The van der Waals surface area contributed by atoms with Crippen LogP contribution in [0.25, 0.3) is 0 Å². The first-order valence-corrected chi connectivity index (χ1v) is 6.68. The predicted octanol–water partition coefficient (Wildman–Crippen LogP) is 2.01. The molecule has 0 aliphatic carbocycles. The van der Waals surface area contributed by atoms with Gasteiger partial charge < -0.3 is 15.4 Å². The third-order valence-electron chi connectivity index (χ3n) is 3.20. The van der Waals surface area contributed by atoms with Gasteiger partial charge in [0.15, 0.2) is 0 Å². The number of amides is 2. The van der Waals surface area contributed by atoms with Crippen molar-refractivity contribution < 1.29 is 23.1 Å². The number of rotatable bonds is 4. The summed E-state index contributed by atoms with van der Waals surface area (Å²) in [5, 5.41) is 7.59. The van der Waals surface area contributed by atoms with Crippen molar-refractivity contribution in [3.05, 3.63) is 18.2 Å². The van der Waals surface area contributed by atoms with Crippen LogP contribution in [0.3, 0.4) is 0 Å². The molecule has 0 saturated carbocycles. The first kappa shape index (κ1) is 19.1. The Kier molecular flexibility index (Phi) is 6.28. The number of benzene rings is 1. The molecule has 1 aliphatic rings. The van der Waals surface area contributed by atoms with E-state index in [0.717, 1.165) is 0 Å². The highest BCUT2D eigenvalue weighted by Crippen LogP contribution is 2.29. The minimum absolute atomic E-state index is 0. The molecule has 1 aliphatic heterocycles. The van der Waals surface area contributed by atoms with Gasteiger partial charge >= 0.3 is 0 Å². The van der Waals surface area contributed by atoms with Gasteiger partial charge in [-0.15, -0.1) is 12.4 Å². The summed E-state index contributed by atoms with van der Waals surface area (Å²) in [6.45, 7) is 0.833. The van der Waals surface area contributed by atoms with Gasteiger partial charge in [0.05, 0.1) is 25.4 Å². The number of carbonyl (C=O) groups is 2. The summed E-state index contributed by atoms with van der Waals surface area (Å²) < 4.78 is 31.3. The van der Waals surface area contributed by atoms with Gasteiger partial charge in [-0.3, -0.25) is 14.9 Å². The second kappa shape index (κ2) is 7.56. The van der Waals surface area contributed by atoms with E-state index < -0.39 is 30.8 Å². The molecule has 9 heteroatoms. The smallest absolute Gasteiger partial charge is 0.262 e. The standard InChI is InChI=1S/C14H17F2N3O3.ClH/c1-8(20)18-10-5-9(3-4-12(10)22-2)19-13(21)11-6-14(15,16)7-17-11;/h3-5,11,17H,6-7H2,1-2H3,(H,18,20)(H,19,21);1H. The number of alkyl halides is 2. The number of ether oxygens (including phenoxy) is 1. The Balaban J connectivity index is 0.00000264. The number of anilines is 2. The molecular formula is C14H18ClF2N3O3. The Morgan fingerprint density at radius 3 is 2.57 bits per heavy atom. The largest absolute Gasteiger partial charge is 0.495 e. The van der Waals surface area contributed by atoms with Gasteiger partial charge in [-0.1, -0.05) is 0 Å². The molecule has 0 radical (unpaired) electrons. The van der Waals surface area contributed by atoms with E-state index in [-0.39, 0.29) is 18.3 Å². The highest BCUT2D eigenvalue weighted by molar-refractivity contribution is 5.97. The Morgan fingerprint density at radius 2 is 2.04 bits per heavy atom. The lowest BCUT2D eigenvalue weighted by molar-refractivity contribution is -0.118. The van der Waals surface area contributed by atoms with Crippen molar-refractivity contribution >= 4 is 35.6 Å². The molecule has 23 heavy (non-hydrogen) atoms. The summed E-state index contributed by atoms with van der Waals surface area (Å²) in [5.41, 5.74) is 0.768. The van der Waals surface area contributed by atoms with Crippen molar-refractivity contribution in [3.63, 3.8) is 0 Å². The molecule has 2 rings (SSSR count). The van der Waals surface area contributed by atoms with Gasteiger partial charge in [-0.25, -0.2) is 8.78 Å². The van der Waals surface area contributed by atoms with Crippen LogP contribution in [0.2, 0.25) is 0 Å². The normalized spacial score (nSPS) is 18.7. The predicted molar refractivity (Wildman–Crippen MR) is 84.5 cm³/mol. The molecule has 1 unspecified atom stereocenters. The molecule has 1 atom stereocenters. The molecule has 2 amide bonds. The van der Waals surface area contributed by atoms with Gasteiger partial charge in [0.1, 0.15) is 5.75 Å². The maximum Gasteiger partial charge on any atom is 0.262 e. The fraction of sp³-hybridized carbons (Fsp3) is 0.429. The van der Waals surface area contributed by atoms with Crippen molar-refractivity contribution in [2.75, 3.05) is 24.3 Å². The van der Waals surface area contributed by atoms with E-state index in [2.05, 4.69) is 16.0 Å². The van der Waals surface area contributed by atoms with Crippen LogP contribution in [0.5, 0.6) is 5.75 Å². The van der Waals surface area contributed by atoms with Crippen LogP contribution < -0.4 is 20.7 Å². The molecule has 3 N–H and O–H groups in total. The highest BCUT2D eigenvalue weighted by Gasteiger charge is 2.42. The lowest BCUT2D eigenvalue weighted by atomic mass is 10.1. The molecule has 6 nitrogen and oxygen atoms in total. The van der Waals surface area contributed by atoms with E-state index in [1.165, 1.54) is 20.1 Å². The molecule has 1 fully saturated rings. The van der Waals surface area contributed by atoms with Crippen LogP contribution in [0.4, 0.5) is 20.2 Å². The minimum Gasteiger partial charge on any atom is -0.495 e. The zero-order valence-electron chi connectivity index (χ0n) is 12.6. The summed E-state index contributed by atoms with van der Waals surface area (Å²) in [4.78, 5) is 23.1. The molecule has 0 bridgehead atoms. The van der Waals surface area contributed by atoms with E-state index in [0.29, 0.717) is 17.1 Å². The van der Waals surface area contributed by atoms with Crippen molar-refractivity contribution in [3.8, 4) is 5.75 Å². The maximum atomic E-state index is 13.1. The third-order valence-corrected chi connectivity index (χ3v) is 3.20. The van der Waals surface area contributed by atoms with Gasteiger partial charge in [-0.2, -0.15) is 0 Å². The van der Waals surface area contributed by atoms with Crippen molar-refractivity contribution in [2.24, 2.45) is 0 Å². The van der Waals surface area contributed by atoms with Crippen LogP contribution in [-0.4, -0.2) is 37.4 Å². The summed E-state index contributed by atoms with van der Waals surface area (Å²) in [5.74, 6) is -3.28. The topological polar surface area (TPSA) is 79.5 Å². The zero-order valence-corrected chi connectivity index (χ0v) is 13.4. The second-order valence-electron chi connectivity index (χ2n) is 5.08. The van der Waals surface area contributed by atoms with Crippen molar-refractivity contribution in [1.82, 2.24) is 5.32 Å². The molecule has 1 aromatic rings. The molecule has 1 saturated heterocycles. The number of methoxy groups -OCH3 is 1. The zero-order chi connectivity index (χ0) is 16.3. The lowest BCUT2D eigenvalue weighted by Crippen LogP contribution is -2.35. The van der Waals surface area contributed by atoms with Crippen molar-refractivity contribution in [1.29, 1.82) is 0 Å². The molecule has 1 aromatic carbocycles. The quantitative estimate of drug-likeness (QED) is 0.777. The summed E-state index contributed by atoms with van der Waals surface area (Å²) in [7, 11) is 1.45. The van der Waals surface area contributed by atoms with E-state index in [9.17, 15) is 18.4 Å². The Labute approximate surface area is 138 Å². The monoisotopic (exact) mass is 349 g/mol. The molecule has 0 spiro atoms. The van der Waals surface area contributed by atoms with Crippen LogP contribution in [0.15, 0.2) is 18.2 Å². The fourth-order valence-electron chi connectivity index (χ4n) is 2.20. The average Bonchev–Trinajstić information content (AvgIpc) is 2.79. The van der Waals surface area contributed by atoms with Gasteiger partial charge in [0, 0.05) is 19.0 Å². The Hall–Kier alpha value is -1.93. The first-order chi connectivity index (χ1) is 10.3. The Morgan fingerprint density at radius 1 is 1.35 bits per heavy atom. The lowest BCUT2D eigenvalue weighted by Gasteiger charge is -2.14. The Bertz CT molecular complexity index is 599. The van der Waals surface area contributed by atoms with Gasteiger partial charge in [-0.05, 0) is 18.2 Å². The van der Waals surface area contributed by atoms with Crippen molar-refractivity contribution in [2.45, 2.75) is 25.3 Å². The summed E-state index contributed by atoms with van der Waals surface area (Å²) in [6.07, 6.45) is -0.534. The third kappa shape index (κ3) is 5.04. The average molecular weight is 350 g/mol. The number of carbonyl (C=O) groups excluding carboxylic acids is 2. The van der Waals surface area contributed by atoms with E-state index in [1.54, 1.807) is 12.1 Å². The van der Waals surface area contributed by atoms with Gasteiger partial charge in [0.2, 0.25) is 11.8 Å². The number of halogens is 3. The number of hydrogen-bond donors (Lipinski definition) is 3. The summed E-state index contributed by atoms with van der Waals surface area (Å²) in [6, 6.07) is 3.69. The van der Waals surface area contributed by atoms with Crippen LogP contribution in [-0.2, 0) is 9.59 Å². The minimum atomic E-state index is -2.87. The van der Waals surface area contributed by atoms with Crippen LogP contribution in [0, 0.1) is 0 Å². The van der Waals surface area contributed by atoms with E-state index in [4.69, 9.17) is 4.74 Å². The summed E-state index contributed by atoms with van der Waals surface area (Å²) >= 11 is 0. The molecule has 1 heterocycles. The number of nitrogens with one attached hydrogen (secondary N) is 3. The fourth-order valence-corrected chi connectivity index (χ4v) is 2.20. The SMILES string of the molecule is COc1ccc(NC(=O)C2CC(F)(F)CN2)cc1NC(C)=O.Cl. The molecule has 0 aromatic heterocycles. The molecule has 128 valence electrons. The molecular weight excluding hydrogens is 332 g/mol. The van der Waals surface area contributed by atoms with E-state index >= 15 is 0 Å².